The first-order chi connectivity index (χ1) is 9.93. The average molecular weight is 295 g/mol. The minimum Gasteiger partial charge on any atom is -0.476 e. The number of carboxylic acids is 1. The molecule has 0 saturated carbocycles. The standard InChI is InChI=1S/C11H10FN5O4/c12-7-1-2-8(17(20)21)6(3-7)5-16-9(4-13)10(11(18)19)14-15-16/h1-3H,4-5,13H2,(H,18,19). The fourth-order valence-corrected chi connectivity index (χ4v) is 1.85. The van der Waals surface area contributed by atoms with Crippen molar-refractivity contribution in [3.63, 3.8) is 0 Å². The first-order valence-electron chi connectivity index (χ1n) is 5.72. The Balaban J connectivity index is 2.45. The van der Waals surface area contributed by atoms with Crippen molar-refractivity contribution in [3.05, 3.63) is 51.1 Å². The predicted octanol–water partition coefficient (Wildman–Crippen LogP) is 0.531. The van der Waals surface area contributed by atoms with Crippen molar-refractivity contribution < 1.29 is 19.2 Å². The molecule has 21 heavy (non-hydrogen) atoms. The predicted molar refractivity (Wildman–Crippen MR) is 67.0 cm³/mol. The van der Waals surface area contributed by atoms with Gasteiger partial charge < -0.3 is 10.8 Å². The highest BCUT2D eigenvalue weighted by molar-refractivity contribution is 5.86. The largest absolute Gasteiger partial charge is 0.476 e. The maximum Gasteiger partial charge on any atom is 0.358 e. The van der Waals surface area contributed by atoms with E-state index in [0.717, 1.165) is 22.9 Å². The van der Waals surface area contributed by atoms with Crippen LogP contribution in [0.4, 0.5) is 10.1 Å². The minimum absolute atomic E-state index is 0.0385. The van der Waals surface area contributed by atoms with Crippen LogP contribution in [-0.4, -0.2) is 31.0 Å². The van der Waals surface area contributed by atoms with Gasteiger partial charge in [-0.05, 0) is 12.1 Å². The van der Waals surface area contributed by atoms with E-state index < -0.39 is 16.7 Å². The third-order valence-electron chi connectivity index (χ3n) is 2.79. The summed E-state index contributed by atoms with van der Waals surface area (Å²) >= 11 is 0. The van der Waals surface area contributed by atoms with Crippen molar-refractivity contribution in [2.75, 3.05) is 0 Å². The first kappa shape index (κ1) is 14.5. The number of nitrogens with two attached hydrogens (primary N) is 1. The Morgan fingerprint density at radius 1 is 1.52 bits per heavy atom. The van der Waals surface area contributed by atoms with Gasteiger partial charge in [-0.3, -0.25) is 10.1 Å². The molecule has 10 heteroatoms. The third-order valence-corrected chi connectivity index (χ3v) is 2.79. The molecule has 0 fully saturated rings. The lowest BCUT2D eigenvalue weighted by atomic mass is 10.1. The van der Waals surface area contributed by atoms with Crippen LogP contribution >= 0.6 is 0 Å². The molecule has 0 spiro atoms. The summed E-state index contributed by atoms with van der Waals surface area (Å²) in [5.41, 5.74) is 4.94. The number of rotatable bonds is 5. The molecule has 1 aromatic heterocycles. The molecule has 9 nitrogen and oxygen atoms in total. The van der Waals surface area contributed by atoms with Gasteiger partial charge in [-0.2, -0.15) is 0 Å². The topological polar surface area (TPSA) is 137 Å². The highest BCUT2D eigenvalue weighted by Crippen LogP contribution is 2.21. The third kappa shape index (κ3) is 2.84. The number of carbonyl (C=O) groups is 1. The van der Waals surface area contributed by atoms with Crippen LogP contribution in [0.2, 0.25) is 0 Å². The zero-order valence-electron chi connectivity index (χ0n) is 10.6. The van der Waals surface area contributed by atoms with Gasteiger partial charge in [-0.1, -0.05) is 5.21 Å². The number of hydrogen-bond acceptors (Lipinski definition) is 6. The van der Waals surface area contributed by atoms with Gasteiger partial charge in [-0.25, -0.2) is 13.9 Å². The van der Waals surface area contributed by atoms with Crippen molar-refractivity contribution in [2.45, 2.75) is 13.1 Å². The molecule has 2 aromatic rings. The molecule has 0 aliphatic rings. The molecule has 0 bridgehead atoms. The van der Waals surface area contributed by atoms with Gasteiger partial charge in [0.05, 0.1) is 22.7 Å². The van der Waals surface area contributed by atoms with Crippen LogP contribution in [0, 0.1) is 15.9 Å². The molecule has 1 heterocycles. The molecular weight excluding hydrogens is 285 g/mol. The van der Waals surface area contributed by atoms with Crippen molar-refractivity contribution in [2.24, 2.45) is 5.73 Å². The fraction of sp³-hybridized carbons (Fsp3) is 0.182. The number of aromatic carboxylic acids is 1. The minimum atomic E-state index is -1.31. The second-order valence-corrected chi connectivity index (χ2v) is 4.08. The van der Waals surface area contributed by atoms with Crippen LogP contribution in [0.25, 0.3) is 0 Å². The van der Waals surface area contributed by atoms with Crippen LogP contribution in [0.15, 0.2) is 18.2 Å². The highest BCUT2D eigenvalue weighted by Gasteiger charge is 2.21. The van der Waals surface area contributed by atoms with Crippen LogP contribution < -0.4 is 5.73 Å². The summed E-state index contributed by atoms with van der Waals surface area (Å²) in [6.07, 6.45) is 0. The Hall–Kier alpha value is -2.88. The summed E-state index contributed by atoms with van der Waals surface area (Å²) < 4.78 is 14.3. The van der Waals surface area contributed by atoms with Gasteiger partial charge in [-0.15, -0.1) is 5.10 Å². The Labute approximate surface area is 116 Å². The van der Waals surface area contributed by atoms with Crippen LogP contribution in [0.5, 0.6) is 0 Å². The number of nitro groups is 1. The molecule has 3 N–H and O–H groups in total. The Morgan fingerprint density at radius 3 is 2.81 bits per heavy atom. The number of benzene rings is 1. The maximum absolute atomic E-state index is 13.2. The Bertz CT molecular complexity index is 715. The maximum atomic E-state index is 13.2. The zero-order chi connectivity index (χ0) is 15.6. The van der Waals surface area contributed by atoms with Crippen LogP contribution in [0.1, 0.15) is 21.7 Å². The smallest absolute Gasteiger partial charge is 0.358 e. The summed E-state index contributed by atoms with van der Waals surface area (Å²) in [5, 5.41) is 26.9. The van der Waals surface area contributed by atoms with E-state index in [1.807, 2.05) is 0 Å². The van der Waals surface area contributed by atoms with Gasteiger partial charge in [0, 0.05) is 12.6 Å². The monoisotopic (exact) mass is 295 g/mol. The summed E-state index contributed by atoms with van der Waals surface area (Å²) in [6, 6.07) is 2.98. The number of carboxylic acid groups (broad SMARTS) is 1. The quantitative estimate of drug-likeness (QED) is 0.606. The summed E-state index contributed by atoms with van der Waals surface area (Å²) in [4.78, 5) is 21.2. The normalized spacial score (nSPS) is 10.6. The number of nitro benzene ring substituents is 1. The van der Waals surface area contributed by atoms with Crippen molar-refractivity contribution in [3.8, 4) is 0 Å². The molecule has 0 aliphatic heterocycles. The lowest BCUT2D eigenvalue weighted by molar-refractivity contribution is -0.385. The van der Waals surface area contributed by atoms with Crippen LogP contribution in [0.3, 0.4) is 0 Å². The molecule has 0 unspecified atom stereocenters. The van der Waals surface area contributed by atoms with E-state index in [0.29, 0.717) is 0 Å². The summed E-state index contributed by atoms with van der Waals surface area (Å²) in [5.74, 6) is -1.96. The lowest BCUT2D eigenvalue weighted by Gasteiger charge is -2.06. The van der Waals surface area contributed by atoms with E-state index in [2.05, 4.69) is 10.3 Å². The van der Waals surface area contributed by atoms with Crippen molar-refractivity contribution in [1.29, 1.82) is 0 Å². The highest BCUT2D eigenvalue weighted by atomic mass is 19.1. The van der Waals surface area contributed by atoms with Gasteiger partial charge in [0.25, 0.3) is 5.69 Å². The van der Waals surface area contributed by atoms with E-state index in [9.17, 15) is 19.3 Å². The first-order valence-corrected chi connectivity index (χ1v) is 5.72. The lowest BCUT2D eigenvalue weighted by Crippen LogP contribution is -2.14. The van der Waals surface area contributed by atoms with E-state index in [1.165, 1.54) is 0 Å². The zero-order valence-corrected chi connectivity index (χ0v) is 10.6. The van der Waals surface area contributed by atoms with Crippen molar-refractivity contribution >= 4 is 11.7 Å². The van der Waals surface area contributed by atoms with E-state index in [4.69, 9.17) is 10.8 Å². The molecule has 0 radical (unpaired) electrons. The van der Waals surface area contributed by atoms with E-state index >= 15 is 0 Å². The van der Waals surface area contributed by atoms with Gasteiger partial charge in [0.15, 0.2) is 5.69 Å². The molecule has 0 atom stereocenters. The second-order valence-electron chi connectivity index (χ2n) is 4.08. The SMILES string of the molecule is NCc1c(C(=O)O)nnn1Cc1cc(F)ccc1[N+](=O)[O-]. The molecule has 1 aromatic carbocycles. The molecule has 2 rings (SSSR count). The number of aromatic nitrogens is 3. The average Bonchev–Trinajstić information content (AvgIpc) is 2.81. The molecule has 0 amide bonds. The number of nitrogens with zero attached hydrogens (tertiary/aromatic N) is 4. The second kappa shape index (κ2) is 5.63. The molecule has 0 saturated heterocycles. The Morgan fingerprint density at radius 2 is 2.24 bits per heavy atom. The van der Waals surface area contributed by atoms with E-state index in [1.54, 1.807) is 0 Å². The number of halogens is 1. The molecule has 0 aliphatic carbocycles. The van der Waals surface area contributed by atoms with Gasteiger partial charge in [0.2, 0.25) is 0 Å². The fourth-order valence-electron chi connectivity index (χ4n) is 1.85. The number of hydrogen-bond donors (Lipinski definition) is 2. The summed E-state index contributed by atoms with van der Waals surface area (Å²) in [7, 11) is 0. The van der Waals surface area contributed by atoms with Gasteiger partial charge in [0.1, 0.15) is 5.82 Å². The van der Waals surface area contributed by atoms with E-state index in [-0.39, 0.29) is 35.7 Å². The molecule has 110 valence electrons. The Kier molecular flexibility index (Phi) is 3.89. The van der Waals surface area contributed by atoms with Gasteiger partial charge >= 0.3 is 5.97 Å². The summed E-state index contributed by atoms with van der Waals surface area (Å²) in [6.45, 7) is -0.376. The van der Waals surface area contributed by atoms with Crippen LogP contribution in [-0.2, 0) is 13.1 Å². The van der Waals surface area contributed by atoms with Crippen molar-refractivity contribution in [1.82, 2.24) is 15.0 Å². The molecular formula is C11H10FN5O4.